The molecule has 0 atom stereocenters. The van der Waals surface area contributed by atoms with Gasteiger partial charge < -0.3 is 4.57 Å². The Bertz CT molecular complexity index is 2420. The van der Waals surface area contributed by atoms with Gasteiger partial charge in [0.05, 0.1) is 15.7 Å². The molecule has 0 saturated carbocycles. The minimum Gasteiger partial charge on any atom is -0.308 e. The lowest BCUT2D eigenvalue weighted by Crippen LogP contribution is -1.93. The van der Waals surface area contributed by atoms with Gasteiger partial charge in [-0.15, -0.1) is 22.7 Å². The van der Waals surface area contributed by atoms with Crippen LogP contribution in [0.15, 0.2) is 140 Å². The Kier molecular flexibility index (Phi) is 5.00. The van der Waals surface area contributed by atoms with Crippen LogP contribution in [-0.4, -0.2) is 4.57 Å². The minimum atomic E-state index is 1.19. The van der Waals surface area contributed by atoms with Crippen LogP contribution in [-0.2, 0) is 0 Å². The summed E-state index contributed by atoms with van der Waals surface area (Å²) in [6.07, 6.45) is 0. The lowest BCUT2D eigenvalue weighted by molar-refractivity contribution is 1.19. The van der Waals surface area contributed by atoms with E-state index in [2.05, 4.69) is 144 Å². The number of aromatic nitrogens is 1. The number of hydrogen-bond acceptors (Lipinski definition) is 2. The van der Waals surface area contributed by atoms with Crippen LogP contribution in [0, 0.1) is 0 Å². The lowest BCUT2D eigenvalue weighted by atomic mass is 9.91. The van der Waals surface area contributed by atoms with Crippen molar-refractivity contribution in [3.8, 4) is 27.9 Å². The molecule has 0 radical (unpaired) electrons. The fourth-order valence-electron chi connectivity index (χ4n) is 6.45. The highest BCUT2D eigenvalue weighted by Gasteiger charge is 2.19. The van der Waals surface area contributed by atoms with Gasteiger partial charge in [-0.1, -0.05) is 97.1 Å². The molecule has 3 aromatic heterocycles. The highest BCUT2D eigenvalue weighted by Crippen LogP contribution is 2.46. The van der Waals surface area contributed by atoms with Crippen LogP contribution < -0.4 is 0 Å². The molecule has 0 aliphatic rings. The second kappa shape index (κ2) is 8.90. The maximum Gasteiger partial charge on any atom is 0.0727 e. The van der Waals surface area contributed by atoms with Crippen LogP contribution in [0.1, 0.15) is 0 Å². The summed E-state index contributed by atoms with van der Waals surface area (Å²) in [6, 6.07) is 51.0. The number of fused-ring (bicyclic) bond motifs is 8. The smallest absolute Gasteiger partial charge is 0.0727 e. The largest absolute Gasteiger partial charge is 0.308 e. The summed E-state index contributed by atoms with van der Waals surface area (Å²) in [5, 5.41) is 5.30. The van der Waals surface area contributed by atoms with Gasteiger partial charge in [-0.2, -0.15) is 0 Å². The zero-order valence-corrected chi connectivity index (χ0v) is 23.7. The first-order valence-electron chi connectivity index (χ1n) is 13.9. The number of para-hydroxylation sites is 2. The van der Waals surface area contributed by atoms with E-state index in [0.717, 1.165) is 0 Å². The van der Waals surface area contributed by atoms with E-state index in [9.17, 15) is 0 Å². The SMILES string of the molecule is c1ccc(-n2c3ccccc3c3sc4ccc(-c5ccccc5-c5cccc6sc7ccccc7c56)cc4c32)cc1. The molecule has 0 saturated heterocycles. The summed E-state index contributed by atoms with van der Waals surface area (Å²) in [7, 11) is 0. The van der Waals surface area contributed by atoms with Crippen LogP contribution in [0.25, 0.3) is 79.3 Å². The quantitative estimate of drug-likeness (QED) is 0.204. The zero-order chi connectivity index (χ0) is 26.9. The first-order chi connectivity index (χ1) is 20.3. The fraction of sp³-hybridized carbons (Fsp3) is 0. The normalized spacial score (nSPS) is 11.9. The molecule has 41 heavy (non-hydrogen) atoms. The summed E-state index contributed by atoms with van der Waals surface area (Å²) in [4.78, 5) is 0. The van der Waals surface area contributed by atoms with Gasteiger partial charge in [0, 0.05) is 41.3 Å². The average Bonchev–Trinajstić information content (AvgIpc) is 3.70. The Hall–Kier alpha value is -4.70. The topological polar surface area (TPSA) is 4.93 Å². The molecule has 0 unspecified atom stereocenters. The third-order valence-corrected chi connectivity index (χ3v) is 10.5. The predicted octanol–water partition coefficient (Wildman–Crippen LogP) is 11.7. The number of benzene rings is 6. The van der Waals surface area contributed by atoms with Crippen molar-refractivity contribution in [1.82, 2.24) is 4.57 Å². The van der Waals surface area contributed by atoms with Gasteiger partial charge in [0.2, 0.25) is 0 Å². The summed E-state index contributed by atoms with van der Waals surface area (Å²) in [6.45, 7) is 0. The Labute approximate surface area is 245 Å². The fourth-order valence-corrected chi connectivity index (χ4v) is 8.79. The van der Waals surface area contributed by atoms with E-state index in [1.807, 2.05) is 22.7 Å². The van der Waals surface area contributed by atoms with E-state index in [-0.39, 0.29) is 0 Å². The third-order valence-electron chi connectivity index (χ3n) is 8.22. The van der Waals surface area contributed by atoms with Crippen molar-refractivity contribution in [2.24, 2.45) is 0 Å². The second-order valence-electron chi connectivity index (χ2n) is 10.5. The van der Waals surface area contributed by atoms with Crippen molar-refractivity contribution in [1.29, 1.82) is 0 Å². The van der Waals surface area contributed by atoms with Crippen molar-refractivity contribution in [3.63, 3.8) is 0 Å². The van der Waals surface area contributed by atoms with Crippen molar-refractivity contribution < 1.29 is 0 Å². The summed E-state index contributed by atoms with van der Waals surface area (Å²) < 4.78 is 7.78. The summed E-state index contributed by atoms with van der Waals surface area (Å²) in [5.74, 6) is 0. The van der Waals surface area contributed by atoms with Crippen LogP contribution in [0.5, 0.6) is 0 Å². The summed E-state index contributed by atoms with van der Waals surface area (Å²) >= 11 is 3.77. The monoisotopic (exact) mass is 557 g/mol. The number of thiophene rings is 2. The number of nitrogens with zero attached hydrogens (tertiary/aromatic N) is 1. The van der Waals surface area contributed by atoms with Crippen LogP contribution in [0.4, 0.5) is 0 Å². The molecule has 9 rings (SSSR count). The van der Waals surface area contributed by atoms with Gasteiger partial charge in [0.25, 0.3) is 0 Å². The Morgan fingerprint density at radius 2 is 1.12 bits per heavy atom. The van der Waals surface area contributed by atoms with E-state index >= 15 is 0 Å². The molecule has 0 bridgehead atoms. The van der Waals surface area contributed by atoms with E-state index < -0.39 is 0 Å². The zero-order valence-electron chi connectivity index (χ0n) is 22.0. The van der Waals surface area contributed by atoms with Crippen LogP contribution >= 0.6 is 22.7 Å². The number of rotatable bonds is 3. The molecule has 0 amide bonds. The van der Waals surface area contributed by atoms with Crippen LogP contribution in [0.2, 0.25) is 0 Å². The molecule has 9 aromatic rings. The van der Waals surface area contributed by atoms with Gasteiger partial charge in [0.1, 0.15) is 0 Å². The molecule has 0 fully saturated rings. The highest BCUT2D eigenvalue weighted by molar-refractivity contribution is 7.27. The molecule has 0 spiro atoms. The number of hydrogen-bond donors (Lipinski definition) is 0. The molecule has 192 valence electrons. The summed E-state index contributed by atoms with van der Waals surface area (Å²) in [5.41, 5.74) is 8.82. The van der Waals surface area contributed by atoms with Crippen molar-refractivity contribution in [2.75, 3.05) is 0 Å². The maximum atomic E-state index is 2.44. The molecule has 0 aliphatic carbocycles. The molecule has 6 aromatic carbocycles. The van der Waals surface area contributed by atoms with Crippen molar-refractivity contribution in [2.45, 2.75) is 0 Å². The first-order valence-corrected chi connectivity index (χ1v) is 15.5. The highest BCUT2D eigenvalue weighted by atomic mass is 32.1. The van der Waals surface area contributed by atoms with Gasteiger partial charge in [-0.25, -0.2) is 0 Å². The lowest BCUT2D eigenvalue weighted by Gasteiger charge is -2.13. The Balaban J connectivity index is 1.33. The molecular weight excluding hydrogens is 535 g/mol. The van der Waals surface area contributed by atoms with E-state index in [0.29, 0.717) is 0 Å². The van der Waals surface area contributed by atoms with Gasteiger partial charge in [0.15, 0.2) is 0 Å². The molecule has 3 heteroatoms. The van der Waals surface area contributed by atoms with Gasteiger partial charge >= 0.3 is 0 Å². The standard InChI is InChI=1S/C38H23NS2/c1-2-11-25(12-3-1)39-32-18-8-6-15-29(32)38-37(39)31-23-24(21-22-34(31)41-38)26-13-4-5-14-27(26)28-17-10-20-35-36(28)30-16-7-9-19-33(30)40-35/h1-23H. The van der Waals surface area contributed by atoms with E-state index in [1.165, 1.54) is 79.3 Å². The van der Waals surface area contributed by atoms with Crippen molar-refractivity contribution >= 4 is 74.1 Å². The average molecular weight is 558 g/mol. The third kappa shape index (κ3) is 3.40. The van der Waals surface area contributed by atoms with Crippen LogP contribution in [0.3, 0.4) is 0 Å². The Morgan fingerprint density at radius 1 is 0.439 bits per heavy atom. The Morgan fingerprint density at radius 3 is 2.02 bits per heavy atom. The first kappa shape index (κ1) is 23.0. The van der Waals surface area contributed by atoms with Crippen molar-refractivity contribution in [3.05, 3.63) is 140 Å². The van der Waals surface area contributed by atoms with Gasteiger partial charge in [-0.3, -0.25) is 0 Å². The second-order valence-corrected chi connectivity index (χ2v) is 12.6. The molecule has 1 nitrogen and oxygen atoms in total. The van der Waals surface area contributed by atoms with Gasteiger partial charge in [-0.05, 0) is 64.7 Å². The molecule has 3 heterocycles. The molecule has 0 N–H and O–H groups in total. The molecule has 0 aliphatic heterocycles. The predicted molar refractivity (Wildman–Crippen MR) is 180 cm³/mol. The molecular formula is C38H23NS2. The maximum absolute atomic E-state index is 2.44. The minimum absolute atomic E-state index is 1.19. The van der Waals surface area contributed by atoms with E-state index in [4.69, 9.17) is 0 Å². The van der Waals surface area contributed by atoms with E-state index in [1.54, 1.807) is 0 Å².